The molecule has 0 N–H and O–H groups in total. The highest BCUT2D eigenvalue weighted by Gasteiger charge is 1.99. The number of halogens is 1. The Balaban J connectivity index is 2.07. The molecule has 2 aromatic carbocycles. The van der Waals surface area contributed by atoms with Crippen LogP contribution in [0.25, 0.3) is 0 Å². The third kappa shape index (κ3) is 3.50. The van der Waals surface area contributed by atoms with Crippen LogP contribution in [0.5, 0.6) is 5.75 Å². The first kappa shape index (κ1) is 12.0. The van der Waals surface area contributed by atoms with Gasteiger partial charge in [-0.15, -0.1) is 0 Å². The van der Waals surface area contributed by atoms with Crippen LogP contribution >= 0.6 is 11.6 Å². The molecule has 0 heterocycles. The molecule has 0 atom stereocenters. The molecule has 2 heteroatoms. The molecule has 0 aliphatic rings. The van der Waals surface area contributed by atoms with E-state index in [0.29, 0.717) is 11.6 Å². The van der Waals surface area contributed by atoms with E-state index < -0.39 is 0 Å². The van der Waals surface area contributed by atoms with Gasteiger partial charge in [-0.25, -0.2) is 0 Å². The van der Waals surface area contributed by atoms with Crippen LogP contribution in [0.15, 0.2) is 42.5 Å². The van der Waals surface area contributed by atoms with Crippen molar-refractivity contribution in [2.24, 2.45) is 0 Å². The molecular formula is C15H15ClO. The summed E-state index contributed by atoms with van der Waals surface area (Å²) in [6.45, 7) is 4.76. The van der Waals surface area contributed by atoms with Gasteiger partial charge in [-0.2, -0.15) is 0 Å². The second kappa shape index (κ2) is 5.24. The molecule has 0 radical (unpaired) electrons. The molecule has 0 aliphatic heterocycles. The van der Waals surface area contributed by atoms with Gasteiger partial charge in [0.05, 0.1) is 0 Å². The number of ether oxygens (including phenoxy) is 1. The summed E-state index contributed by atoms with van der Waals surface area (Å²) in [5.41, 5.74) is 3.70. The first-order chi connectivity index (χ1) is 8.13. The fourth-order valence-corrected chi connectivity index (χ4v) is 2.06. The van der Waals surface area contributed by atoms with Crippen LogP contribution in [0.3, 0.4) is 0 Å². The van der Waals surface area contributed by atoms with Crippen LogP contribution in [0.1, 0.15) is 16.7 Å². The molecule has 2 rings (SSSR count). The van der Waals surface area contributed by atoms with Crippen LogP contribution in [0.4, 0.5) is 0 Å². The van der Waals surface area contributed by atoms with Gasteiger partial charge in [0.25, 0.3) is 0 Å². The van der Waals surface area contributed by atoms with Gasteiger partial charge >= 0.3 is 0 Å². The minimum absolute atomic E-state index is 0.572. The summed E-state index contributed by atoms with van der Waals surface area (Å²) in [5, 5.41) is 0.697. The van der Waals surface area contributed by atoms with Crippen molar-refractivity contribution in [3.63, 3.8) is 0 Å². The summed E-state index contributed by atoms with van der Waals surface area (Å²) in [4.78, 5) is 0. The third-order valence-corrected chi connectivity index (χ3v) is 2.72. The van der Waals surface area contributed by atoms with E-state index >= 15 is 0 Å². The summed E-state index contributed by atoms with van der Waals surface area (Å²) in [7, 11) is 0. The van der Waals surface area contributed by atoms with E-state index in [2.05, 4.69) is 32.0 Å². The normalized spacial score (nSPS) is 10.3. The first-order valence-corrected chi connectivity index (χ1v) is 5.97. The highest BCUT2D eigenvalue weighted by molar-refractivity contribution is 6.30. The molecular weight excluding hydrogens is 232 g/mol. The molecule has 0 fully saturated rings. The van der Waals surface area contributed by atoms with Crippen LogP contribution in [0.2, 0.25) is 5.02 Å². The SMILES string of the molecule is Cc1cc(C)cc(COc2cccc(Cl)c2)c1. The van der Waals surface area contributed by atoms with Gasteiger partial charge in [-0.1, -0.05) is 47.0 Å². The quantitative estimate of drug-likeness (QED) is 0.773. The lowest BCUT2D eigenvalue weighted by atomic mass is 10.1. The Morgan fingerprint density at radius 2 is 1.71 bits per heavy atom. The summed E-state index contributed by atoms with van der Waals surface area (Å²) >= 11 is 5.90. The van der Waals surface area contributed by atoms with Gasteiger partial charge in [0.1, 0.15) is 12.4 Å². The Morgan fingerprint density at radius 3 is 2.35 bits per heavy atom. The molecule has 1 nitrogen and oxygen atoms in total. The second-order valence-corrected chi connectivity index (χ2v) is 4.68. The zero-order valence-corrected chi connectivity index (χ0v) is 10.8. The molecule has 0 saturated heterocycles. The fourth-order valence-electron chi connectivity index (χ4n) is 1.88. The van der Waals surface area contributed by atoms with E-state index in [1.807, 2.05) is 24.3 Å². The molecule has 0 amide bonds. The van der Waals surface area contributed by atoms with Crippen molar-refractivity contribution in [2.75, 3.05) is 0 Å². The molecule has 0 saturated carbocycles. The van der Waals surface area contributed by atoms with E-state index in [4.69, 9.17) is 16.3 Å². The Kier molecular flexibility index (Phi) is 3.70. The largest absolute Gasteiger partial charge is 0.489 e. The fraction of sp³-hybridized carbons (Fsp3) is 0.200. The van der Waals surface area contributed by atoms with Crippen LogP contribution in [0, 0.1) is 13.8 Å². The van der Waals surface area contributed by atoms with Crippen molar-refractivity contribution in [3.05, 3.63) is 64.2 Å². The minimum Gasteiger partial charge on any atom is -0.489 e. The van der Waals surface area contributed by atoms with Gasteiger partial charge < -0.3 is 4.74 Å². The Morgan fingerprint density at radius 1 is 1.00 bits per heavy atom. The molecule has 0 aliphatic carbocycles. The summed E-state index contributed by atoms with van der Waals surface area (Å²) in [6.07, 6.45) is 0. The number of benzene rings is 2. The smallest absolute Gasteiger partial charge is 0.121 e. The standard InChI is InChI=1S/C15H15ClO/c1-11-6-12(2)8-13(7-11)10-17-15-5-3-4-14(16)9-15/h3-9H,10H2,1-2H3. The highest BCUT2D eigenvalue weighted by Crippen LogP contribution is 2.19. The number of hydrogen-bond acceptors (Lipinski definition) is 1. The van der Waals surface area contributed by atoms with Gasteiger partial charge in [0.15, 0.2) is 0 Å². The predicted molar refractivity (Wildman–Crippen MR) is 71.7 cm³/mol. The van der Waals surface area contributed by atoms with Crippen LogP contribution < -0.4 is 4.74 Å². The Hall–Kier alpha value is -1.47. The Bertz CT molecular complexity index is 500. The first-order valence-electron chi connectivity index (χ1n) is 5.59. The van der Waals surface area contributed by atoms with E-state index in [9.17, 15) is 0 Å². The summed E-state index contributed by atoms with van der Waals surface area (Å²) in [5.74, 6) is 0.802. The number of rotatable bonds is 3. The predicted octanol–water partition coefficient (Wildman–Crippen LogP) is 4.54. The third-order valence-electron chi connectivity index (χ3n) is 2.48. The average molecular weight is 247 g/mol. The van der Waals surface area contributed by atoms with E-state index in [0.717, 1.165) is 5.75 Å². The maximum atomic E-state index is 5.90. The molecule has 88 valence electrons. The van der Waals surface area contributed by atoms with Gasteiger partial charge in [0.2, 0.25) is 0 Å². The van der Waals surface area contributed by atoms with Crippen molar-refractivity contribution >= 4 is 11.6 Å². The Labute approximate surface area is 107 Å². The lowest BCUT2D eigenvalue weighted by Gasteiger charge is -2.08. The minimum atomic E-state index is 0.572. The lowest BCUT2D eigenvalue weighted by molar-refractivity contribution is 0.306. The number of hydrogen-bond donors (Lipinski definition) is 0. The van der Waals surface area contributed by atoms with E-state index in [1.165, 1.54) is 16.7 Å². The van der Waals surface area contributed by atoms with Crippen molar-refractivity contribution in [3.8, 4) is 5.75 Å². The zero-order chi connectivity index (χ0) is 12.3. The van der Waals surface area contributed by atoms with Crippen LogP contribution in [-0.4, -0.2) is 0 Å². The monoisotopic (exact) mass is 246 g/mol. The maximum absolute atomic E-state index is 5.90. The van der Waals surface area contributed by atoms with Crippen LogP contribution in [-0.2, 0) is 6.61 Å². The van der Waals surface area contributed by atoms with Crippen molar-refractivity contribution < 1.29 is 4.74 Å². The van der Waals surface area contributed by atoms with E-state index in [1.54, 1.807) is 0 Å². The molecule has 2 aromatic rings. The molecule has 0 aromatic heterocycles. The van der Waals surface area contributed by atoms with Crippen molar-refractivity contribution in [1.29, 1.82) is 0 Å². The topological polar surface area (TPSA) is 9.23 Å². The lowest BCUT2D eigenvalue weighted by Crippen LogP contribution is -1.96. The van der Waals surface area contributed by atoms with Gasteiger partial charge in [-0.3, -0.25) is 0 Å². The second-order valence-electron chi connectivity index (χ2n) is 4.24. The molecule has 17 heavy (non-hydrogen) atoms. The van der Waals surface area contributed by atoms with Crippen molar-refractivity contribution in [1.82, 2.24) is 0 Å². The van der Waals surface area contributed by atoms with E-state index in [-0.39, 0.29) is 0 Å². The molecule has 0 spiro atoms. The van der Waals surface area contributed by atoms with Gasteiger partial charge in [0, 0.05) is 5.02 Å². The van der Waals surface area contributed by atoms with Crippen molar-refractivity contribution in [2.45, 2.75) is 20.5 Å². The number of aryl methyl sites for hydroxylation is 2. The highest BCUT2D eigenvalue weighted by atomic mass is 35.5. The molecule has 0 unspecified atom stereocenters. The molecule has 0 bridgehead atoms. The summed E-state index contributed by atoms with van der Waals surface area (Å²) < 4.78 is 5.70. The average Bonchev–Trinajstić information content (AvgIpc) is 2.25. The summed E-state index contributed by atoms with van der Waals surface area (Å²) in [6, 6.07) is 13.9. The van der Waals surface area contributed by atoms with Gasteiger partial charge in [-0.05, 0) is 37.6 Å². The zero-order valence-electron chi connectivity index (χ0n) is 10.0. The maximum Gasteiger partial charge on any atom is 0.121 e.